The monoisotopic (exact) mass is 265 g/mol. The van der Waals surface area contributed by atoms with Gasteiger partial charge in [-0.3, -0.25) is 9.69 Å². The first-order valence-corrected chi connectivity index (χ1v) is 6.41. The zero-order valence-corrected chi connectivity index (χ0v) is 10.2. The Labute approximate surface area is 104 Å². The van der Waals surface area contributed by atoms with Crippen LogP contribution in [0.1, 0.15) is 32.1 Å². The molecule has 3 nitrogen and oxygen atoms in total. The van der Waals surface area contributed by atoms with Gasteiger partial charge in [0.1, 0.15) is 6.10 Å². The predicted octanol–water partition coefficient (Wildman–Crippen LogP) is 2.15. The van der Waals surface area contributed by atoms with Gasteiger partial charge < -0.3 is 4.74 Å². The van der Waals surface area contributed by atoms with Crippen molar-refractivity contribution in [3.05, 3.63) is 0 Å². The van der Waals surface area contributed by atoms with E-state index in [1.165, 1.54) is 0 Å². The number of morpholine rings is 1. The number of ether oxygens (including phenoxy) is 1. The van der Waals surface area contributed by atoms with Crippen LogP contribution in [0.2, 0.25) is 0 Å². The Bertz CT molecular complexity index is 306. The summed E-state index contributed by atoms with van der Waals surface area (Å²) in [4.78, 5) is 14.0. The number of Topliss-reactive ketones (excluding diaryl/α,β-unsaturated/α-hetero) is 1. The Morgan fingerprint density at radius 2 is 2.17 bits per heavy atom. The predicted molar refractivity (Wildman–Crippen MR) is 59.2 cm³/mol. The van der Waals surface area contributed by atoms with E-state index in [1.807, 2.05) is 0 Å². The van der Waals surface area contributed by atoms with Gasteiger partial charge in [-0.05, 0) is 25.8 Å². The molecule has 0 aliphatic carbocycles. The highest BCUT2D eigenvalue weighted by molar-refractivity contribution is 5.83. The summed E-state index contributed by atoms with van der Waals surface area (Å²) in [5, 5.41) is 0. The van der Waals surface area contributed by atoms with Gasteiger partial charge in [-0.25, -0.2) is 0 Å². The number of halogens is 3. The lowest BCUT2D eigenvalue weighted by molar-refractivity contribution is -0.143. The van der Waals surface area contributed by atoms with Gasteiger partial charge >= 0.3 is 6.18 Å². The van der Waals surface area contributed by atoms with E-state index < -0.39 is 18.7 Å². The Morgan fingerprint density at radius 3 is 2.89 bits per heavy atom. The number of carbonyl (C=O) groups is 1. The van der Waals surface area contributed by atoms with E-state index >= 15 is 0 Å². The number of nitrogens with zero attached hydrogens (tertiary/aromatic N) is 1. The molecule has 0 spiro atoms. The lowest BCUT2D eigenvalue weighted by Crippen LogP contribution is -2.49. The number of rotatable bonds is 4. The van der Waals surface area contributed by atoms with Crippen molar-refractivity contribution in [3.63, 3.8) is 0 Å². The van der Waals surface area contributed by atoms with Gasteiger partial charge in [-0.1, -0.05) is 0 Å². The standard InChI is InChI=1S/C12H18F3NO2/c13-12(14,15)5-1-4-10(17)11-7-16-6-2-3-9(16)8-18-11/h9,11H,1-8H2. The molecule has 2 aliphatic rings. The Hall–Kier alpha value is -0.620. The lowest BCUT2D eigenvalue weighted by Gasteiger charge is -2.34. The number of hydrogen-bond donors (Lipinski definition) is 0. The molecule has 0 aromatic carbocycles. The van der Waals surface area contributed by atoms with Crippen LogP contribution in [-0.4, -0.2) is 48.7 Å². The molecule has 6 heteroatoms. The molecule has 104 valence electrons. The van der Waals surface area contributed by atoms with Crippen molar-refractivity contribution in [3.8, 4) is 0 Å². The molecule has 2 unspecified atom stereocenters. The molecule has 0 radical (unpaired) electrons. The van der Waals surface area contributed by atoms with Crippen LogP contribution in [0.3, 0.4) is 0 Å². The molecule has 2 saturated heterocycles. The molecular formula is C12H18F3NO2. The molecule has 0 saturated carbocycles. The fourth-order valence-corrected chi connectivity index (χ4v) is 2.64. The molecule has 2 fully saturated rings. The summed E-state index contributed by atoms with van der Waals surface area (Å²) in [5.41, 5.74) is 0. The normalized spacial score (nSPS) is 29.3. The zero-order valence-electron chi connectivity index (χ0n) is 10.2. The zero-order chi connectivity index (χ0) is 13.2. The Balaban J connectivity index is 1.73. The van der Waals surface area contributed by atoms with Crippen LogP contribution in [0.15, 0.2) is 0 Å². The minimum Gasteiger partial charge on any atom is -0.367 e. The van der Waals surface area contributed by atoms with E-state index in [4.69, 9.17) is 4.74 Å². The lowest BCUT2D eigenvalue weighted by atomic mass is 10.1. The summed E-state index contributed by atoms with van der Waals surface area (Å²) in [6.07, 6.45) is -3.55. The minimum atomic E-state index is -4.17. The van der Waals surface area contributed by atoms with Gasteiger partial charge in [-0.15, -0.1) is 0 Å². The van der Waals surface area contributed by atoms with Gasteiger partial charge in [0.05, 0.1) is 6.61 Å². The maximum absolute atomic E-state index is 12.0. The third kappa shape index (κ3) is 3.68. The van der Waals surface area contributed by atoms with Crippen LogP contribution < -0.4 is 0 Å². The van der Waals surface area contributed by atoms with Crippen LogP contribution in [0.4, 0.5) is 13.2 Å². The summed E-state index contributed by atoms with van der Waals surface area (Å²) >= 11 is 0. The third-order valence-corrected chi connectivity index (χ3v) is 3.63. The smallest absolute Gasteiger partial charge is 0.367 e. The molecular weight excluding hydrogens is 247 g/mol. The van der Waals surface area contributed by atoms with E-state index in [9.17, 15) is 18.0 Å². The van der Waals surface area contributed by atoms with Crippen LogP contribution in [0, 0.1) is 0 Å². The second kappa shape index (κ2) is 5.57. The summed E-state index contributed by atoms with van der Waals surface area (Å²) in [6, 6.07) is 0.407. The van der Waals surface area contributed by atoms with Gasteiger partial charge in [0.25, 0.3) is 0 Å². The molecule has 18 heavy (non-hydrogen) atoms. The quantitative estimate of drug-likeness (QED) is 0.780. The molecule has 2 rings (SSSR count). The molecule has 2 aliphatic heterocycles. The van der Waals surface area contributed by atoms with Crippen molar-refractivity contribution in [2.75, 3.05) is 19.7 Å². The largest absolute Gasteiger partial charge is 0.389 e. The van der Waals surface area contributed by atoms with Crippen LogP contribution >= 0.6 is 0 Å². The number of hydrogen-bond acceptors (Lipinski definition) is 3. The Morgan fingerprint density at radius 1 is 1.39 bits per heavy atom. The van der Waals surface area contributed by atoms with Gasteiger partial charge in [-0.2, -0.15) is 13.2 Å². The number of alkyl halides is 3. The number of fused-ring (bicyclic) bond motifs is 1. The minimum absolute atomic E-state index is 0.0390. The molecule has 0 amide bonds. The fraction of sp³-hybridized carbons (Fsp3) is 0.917. The van der Waals surface area contributed by atoms with Crippen molar-refractivity contribution in [2.45, 2.75) is 50.4 Å². The third-order valence-electron chi connectivity index (χ3n) is 3.63. The van der Waals surface area contributed by atoms with E-state index in [-0.39, 0.29) is 18.6 Å². The summed E-state index contributed by atoms with van der Waals surface area (Å²) < 4.78 is 41.4. The van der Waals surface area contributed by atoms with Crippen LogP contribution in [0.5, 0.6) is 0 Å². The van der Waals surface area contributed by atoms with Crippen molar-refractivity contribution >= 4 is 5.78 Å². The first-order valence-electron chi connectivity index (χ1n) is 6.41. The molecule has 0 aromatic rings. The highest BCUT2D eigenvalue weighted by Gasteiger charge is 2.35. The molecule has 2 heterocycles. The SMILES string of the molecule is O=C(CCCC(F)(F)F)C1CN2CCCC2CO1. The maximum atomic E-state index is 12.0. The summed E-state index contributed by atoms with van der Waals surface area (Å²) in [6.45, 7) is 2.06. The van der Waals surface area contributed by atoms with Gasteiger partial charge in [0.2, 0.25) is 0 Å². The average molecular weight is 265 g/mol. The van der Waals surface area contributed by atoms with Crippen molar-refractivity contribution in [1.29, 1.82) is 0 Å². The molecule has 0 aromatic heterocycles. The summed E-state index contributed by atoms with van der Waals surface area (Å²) in [5.74, 6) is -0.190. The second-order valence-electron chi connectivity index (χ2n) is 5.05. The van der Waals surface area contributed by atoms with E-state index in [0.717, 1.165) is 19.4 Å². The molecule has 0 bridgehead atoms. The van der Waals surface area contributed by atoms with E-state index in [0.29, 0.717) is 19.2 Å². The van der Waals surface area contributed by atoms with Crippen molar-refractivity contribution in [2.24, 2.45) is 0 Å². The number of carbonyl (C=O) groups excluding carboxylic acids is 1. The second-order valence-corrected chi connectivity index (χ2v) is 5.05. The maximum Gasteiger partial charge on any atom is 0.389 e. The average Bonchev–Trinajstić information content (AvgIpc) is 2.73. The van der Waals surface area contributed by atoms with Gasteiger partial charge in [0.15, 0.2) is 5.78 Å². The topological polar surface area (TPSA) is 29.5 Å². The Kier molecular flexibility index (Phi) is 4.27. The first kappa shape index (κ1) is 13.8. The molecule has 2 atom stereocenters. The van der Waals surface area contributed by atoms with Crippen molar-refractivity contribution in [1.82, 2.24) is 4.90 Å². The van der Waals surface area contributed by atoms with Crippen LogP contribution in [0.25, 0.3) is 0 Å². The van der Waals surface area contributed by atoms with E-state index in [2.05, 4.69) is 4.90 Å². The van der Waals surface area contributed by atoms with Crippen LogP contribution in [-0.2, 0) is 9.53 Å². The van der Waals surface area contributed by atoms with Crippen molar-refractivity contribution < 1.29 is 22.7 Å². The highest BCUT2D eigenvalue weighted by atomic mass is 19.4. The van der Waals surface area contributed by atoms with Gasteiger partial charge in [0, 0.05) is 25.4 Å². The molecule has 0 N–H and O–H groups in total. The first-order chi connectivity index (χ1) is 8.46. The number of ketones is 1. The summed E-state index contributed by atoms with van der Waals surface area (Å²) in [7, 11) is 0. The van der Waals surface area contributed by atoms with E-state index in [1.54, 1.807) is 0 Å². The fourth-order valence-electron chi connectivity index (χ4n) is 2.64. The highest BCUT2D eigenvalue weighted by Crippen LogP contribution is 2.25.